The SMILES string of the molecule is [CH2]c1ccc(CF)cc1CF. The van der Waals surface area contributed by atoms with Gasteiger partial charge in [0.1, 0.15) is 13.3 Å². The fourth-order valence-corrected chi connectivity index (χ4v) is 0.887. The van der Waals surface area contributed by atoms with E-state index in [4.69, 9.17) is 0 Å². The third-order valence-electron chi connectivity index (χ3n) is 1.57. The molecule has 0 aliphatic heterocycles. The van der Waals surface area contributed by atoms with Crippen molar-refractivity contribution in [1.82, 2.24) is 0 Å². The van der Waals surface area contributed by atoms with Crippen LogP contribution >= 0.6 is 0 Å². The molecule has 2 heteroatoms. The van der Waals surface area contributed by atoms with Gasteiger partial charge >= 0.3 is 0 Å². The van der Waals surface area contributed by atoms with E-state index in [0.29, 0.717) is 16.7 Å². The molecule has 1 rings (SSSR count). The van der Waals surface area contributed by atoms with Crippen molar-refractivity contribution in [1.29, 1.82) is 0 Å². The van der Waals surface area contributed by atoms with Crippen molar-refractivity contribution in [3.05, 3.63) is 41.8 Å². The Bertz CT molecular complexity index is 243. The van der Waals surface area contributed by atoms with Gasteiger partial charge in [-0.1, -0.05) is 18.2 Å². The van der Waals surface area contributed by atoms with E-state index in [9.17, 15) is 8.78 Å². The van der Waals surface area contributed by atoms with Gasteiger partial charge in [-0.2, -0.15) is 0 Å². The van der Waals surface area contributed by atoms with E-state index in [1.54, 1.807) is 12.1 Å². The minimum absolute atomic E-state index is 0.472. The summed E-state index contributed by atoms with van der Waals surface area (Å²) in [6.45, 7) is 2.48. The van der Waals surface area contributed by atoms with E-state index in [2.05, 4.69) is 6.92 Å². The number of alkyl halides is 2. The molecule has 0 saturated heterocycles. The highest BCUT2D eigenvalue weighted by molar-refractivity contribution is 5.33. The lowest BCUT2D eigenvalue weighted by atomic mass is 10.1. The van der Waals surface area contributed by atoms with Gasteiger partial charge in [0.05, 0.1) is 0 Å². The first-order valence-corrected chi connectivity index (χ1v) is 3.33. The summed E-state index contributed by atoms with van der Waals surface area (Å²) in [5, 5.41) is 0. The molecule has 0 spiro atoms. The van der Waals surface area contributed by atoms with Crippen LogP contribution in [0.4, 0.5) is 8.78 Å². The van der Waals surface area contributed by atoms with Gasteiger partial charge in [-0.3, -0.25) is 0 Å². The molecule has 0 unspecified atom stereocenters. The molecular formula is C9H9F2. The van der Waals surface area contributed by atoms with Gasteiger partial charge in [0.15, 0.2) is 0 Å². The van der Waals surface area contributed by atoms with Gasteiger partial charge in [-0.05, 0) is 23.6 Å². The largest absolute Gasteiger partial charge is 0.246 e. The topological polar surface area (TPSA) is 0 Å². The van der Waals surface area contributed by atoms with Gasteiger partial charge < -0.3 is 0 Å². The standard InChI is InChI=1S/C9H9F2/c1-7-2-3-8(5-10)4-9(7)6-11/h2-4H,1,5-6H2. The van der Waals surface area contributed by atoms with Crippen LogP contribution in [-0.2, 0) is 13.3 Å². The normalized spacial score (nSPS) is 10.1. The van der Waals surface area contributed by atoms with Crippen LogP contribution in [-0.4, -0.2) is 0 Å². The van der Waals surface area contributed by atoms with Gasteiger partial charge in [-0.25, -0.2) is 8.78 Å². The van der Waals surface area contributed by atoms with E-state index < -0.39 is 13.3 Å². The van der Waals surface area contributed by atoms with Crippen molar-refractivity contribution in [3.63, 3.8) is 0 Å². The highest BCUT2D eigenvalue weighted by Gasteiger charge is 1.98. The Morgan fingerprint density at radius 3 is 2.45 bits per heavy atom. The molecule has 0 aromatic heterocycles. The number of benzene rings is 1. The Labute approximate surface area is 64.9 Å². The second-order valence-corrected chi connectivity index (χ2v) is 2.37. The number of halogens is 2. The molecule has 59 valence electrons. The molecule has 0 nitrogen and oxygen atoms in total. The van der Waals surface area contributed by atoms with Crippen LogP contribution in [0.5, 0.6) is 0 Å². The Morgan fingerprint density at radius 1 is 1.18 bits per heavy atom. The minimum Gasteiger partial charge on any atom is -0.246 e. The van der Waals surface area contributed by atoms with E-state index >= 15 is 0 Å². The predicted octanol–water partition coefficient (Wildman–Crippen LogP) is 2.81. The Morgan fingerprint density at radius 2 is 1.91 bits per heavy atom. The summed E-state index contributed by atoms with van der Waals surface area (Å²) in [7, 11) is 0. The molecular weight excluding hydrogens is 146 g/mol. The van der Waals surface area contributed by atoms with Crippen molar-refractivity contribution in [2.24, 2.45) is 0 Å². The molecule has 11 heavy (non-hydrogen) atoms. The molecule has 0 aliphatic carbocycles. The first kappa shape index (κ1) is 8.18. The summed E-state index contributed by atoms with van der Waals surface area (Å²) < 4.78 is 24.2. The fourth-order valence-electron chi connectivity index (χ4n) is 0.887. The van der Waals surface area contributed by atoms with Crippen LogP contribution in [0.3, 0.4) is 0 Å². The van der Waals surface area contributed by atoms with E-state index in [-0.39, 0.29) is 0 Å². The molecule has 0 heterocycles. The van der Waals surface area contributed by atoms with E-state index in [1.807, 2.05) is 0 Å². The predicted molar refractivity (Wildman–Crippen MR) is 40.5 cm³/mol. The Kier molecular flexibility index (Phi) is 2.58. The monoisotopic (exact) mass is 155 g/mol. The summed E-state index contributed by atoms with van der Waals surface area (Å²) in [6.07, 6.45) is 0. The molecule has 0 atom stereocenters. The van der Waals surface area contributed by atoms with Crippen molar-refractivity contribution in [3.8, 4) is 0 Å². The van der Waals surface area contributed by atoms with Crippen molar-refractivity contribution in [2.45, 2.75) is 13.3 Å². The van der Waals surface area contributed by atoms with E-state index in [1.165, 1.54) is 6.07 Å². The van der Waals surface area contributed by atoms with Crippen LogP contribution in [0.25, 0.3) is 0 Å². The molecule has 0 N–H and O–H groups in total. The average Bonchev–Trinajstić information content (AvgIpc) is 2.05. The lowest BCUT2D eigenvalue weighted by Crippen LogP contribution is -1.87. The van der Waals surface area contributed by atoms with Gasteiger partial charge in [0, 0.05) is 0 Å². The lowest BCUT2D eigenvalue weighted by molar-refractivity contribution is 0.474. The molecule has 0 bridgehead atoms. The quantitative estimate of drug-likeness (QED) is 0.616. The maximum Gasteiger partial charge on any atom is 0.115 e. The maximum absolute atomic E-state index is 12.1. The summed E-state index contributed by atoms with van der Waals surface area (Å²) in [5.74, 6) is 0. The highest BCUT2D eigenvalue weighted by Crippen LogP contribution is 2.12. The molecule has 1 aromatic carbocycles. The number of hydrogen-bond acceptors (Lipinski definition) is 0. The third kappa shape index (κ3) is 1.76. The molecule has 0 amide bonds. The van der Waals surface area contributed by atoms with E-state index in [0.717, 1.165) is 0 Å². The van der Waals surface area contributed by atoms with Crippen LogP contribution in [0.1, 0.15) is 16.7 Å². The first-order valence-electron chi connectivity index (χ1n) is 3.33. The maximum atomic E-state index is 12.1. The number of rotatable bonds is 2. The highest BCUT2D eigenvalue weighted by atomic mass is 19.1. The van der Waals surface area contributed by atoms with Crippen molar-refractivity contribution < 1.29 is 8.78 Å². The molecule has 0 aliphatic rings. The molecule has 1 radical (unpaired) electrons. The Hall–Kier alpha value is -0.920. The zero-order valence-electron chi connectivity index (χ0n) is 6.11. The first-order chi connectivity index (χ1) is 5.27. The Balaban J connectivity index is 3.02. The van der Waals surface area contributed by atoms with Crippen molar-refractivity contribution >= 4 is 0 Å². The van der Waals surface area contributed by atoms with Gasteiger partial charge in [0.25, 0.3) is 0 Å². The second-order valence-electron chi connectivity index (χ2n) is 2.37. The molecule has 1 aromatic rings. The van der Waals surface area contributed by atoms with Crippen LogP contribution < -0.4 is 0 Å². The van der Waals surface area contributed by atoms with Crippen molar-refractivity contribution in [2.75, 3.05) is 0 Å². The average molecular weight is 155 g/mol. The second kappa shape index (κ2) is 3.46. The third-order valence-corrected chi connectivity index (χ3v) is 1.57. The summed E-state index contributed by atoms with van der Waals surface area (Å²) >= 11 is 0. The summed E-state index contributed by atoms with van der Waals surface area (Å²) in [4.78, 5) is 0. The summed E-state index contributed by atoms with van der Waals surface area (Å²) in [6, 6.07) is 4.74. The lowest BCUT2D eigenvalue weighted by Gasteiger charge is -2.01. The van der Waals surface area contributed by atoms with Crippen LogP contribution in [0, 0.1) is 6.92 Å². The zero-order chi connectivity index (χ0) is 8.27. The van der Waals surface area contributed by atoms with Gasteiger partial charge in [-0.15, -0.1) is 0 Å². The molecule has 0 fully saturated rings. The smallest absolute Gasteiger partial charge is 0.115 e. The van der Waals surface area contributed by atoms with Crippen LogP contribution in [0.2, 0.25) is 0 Å². The summed E-state index contributed by atoms with van der Waals surface area (Å²) in [5.41, 5.74) is 1.61. The van der Waals surface area contributed by atoms with Gasteiger partial charge in [0.2, 0.25) is 0 Å². The fraction of sp³-hybridized carbons (Fsp3) is 0.222. The zero-order valence-corrected chi connectivity index (χ0v) is 6.11. The minimum atomic E-state index is -0.577. The van der Waals surface area contributed by atoms with Crippen LogP contribution in [0.15, 0.2) is 18.2 Å². The molecule has 0 saturated carbocycles. The number of hydrogen-bond donors (Lipinski definition) is 0.